The number of fused-ring (bicyclic) bond motifs is 1. The first-order valence-electron chi connectivity index (χ1n) is 12.9. The van der Waals surface area contributed by atoms with Crippen LogP contribution in [-0.4, -0.2) is 69.4 Å². The fourth-order valence-corrected chi connectivity index (χ4v) is 7.00. The number of hydrogen-bond donors (Lipinski definition) is 0. The van der Waals surface area contributed by atoms with Crippen LogP contribution in [0.3, 0.4) is 0 Å². The van der Waals surface area contributed by atoms with E-state index in [2.05, 4.69) is 4.90 Å². The van der Waals surface area contributed by atoms with Crippen LogP contribution in [-0.2, 0) is 16.6 Å². The topological polar surface area (TPSA) is 83.1 Å². The number of benzene rings is 3. The van der Waals surface area contributed by atoms with E-state index in [0.717, 1.165) is 23.2 Å². The maximum atomic E-state index is 13.8. The van der Waals surface area contributed by atoms with Gasteiger partial charge in [0.25, 0.3) is 5.91 Å². The van der Waals surface area contributed by atoms with Gasteiger partial charge >= 0.3 is 0 Å². The van der Waals surface area contributed by atoms with Gasteiger partial charge < -0.3 is 9.64 Å². The molecule has 0 radical (unpaired) electrons. The van der Waals surface area contributed by atoms with Crippen molar-refractivity contribution in [2.45, 2.75) is 24.8 Å². The average molecular weight is 601 g/mol. The number of nitrogens with zero attached hydrogens (tertiary/aromatic N) is 4. The van der Waals surface area contributed by atoms with Crippen LogP contribution in [0.2, 0.25) is 5.02 Å². The molecule has 0 aliphatic rings. The van der Waals surface area contributed by atoms with E-state index < -0.39 is 10.0 Å². The molecule has 4 rings (SSSR count). The highest BCUT2D eigenvalue weighted by Gasteiger charge is 2.26. The molecule has 4 aromatic rings. The first kappa shape index (κ1) is 30.0. The van der Waals surface area contributed by atoms with Gasteiger partial charge in [-0.2, -0.15) is 4.31 Å². The lowest BCUT2D eigenvalue weighted by Crippen LogP contribution is -2.33. The molecule has 0 aliphatic heterocycles. The minimum Gasteiger partial charge on any atom is -0.494 e. The van der Waals surface area contributed by atoms with Crippen LogP contribution in [0, 0.1) is 0 Å². The molecule has 8 nitrogen and oxygen atoms in total. The van der Waals surface area contributed by atoms with Gasteiger partial charge in [0.2, 0.25) is 10.0 Å². The predicted octanol–water partition coefficient (Wildman–Crippen LogP) is 5.77. The molecule has 0 N–H and O–H groups in total. The predicted molar refractivity (Wildman–Crippen MR) is 162 cm³/mol. The van der Waals surface area contributed by atoms with Gasteiger partial charge in [-0.15, -0.1) is 0 Å². The second-order valence-corrected chi connectivity index (χ2v) is 12.8. The molecule has 40 heavy (non-hydrogen) atoms. The van der Waals surface area contributed by atoms with Crippen molar-refractivity contribution in [1.82, 2.24) is 14.2 Å². The van der Waals surface area contributed by atoms with Crippen LogP contribution in [0.1, 0.15) is 29.3 Å². The lowest BCUT2D eigenvalue weighted by molar-refractivity contribution is 0.0986. The van der Waals surface area contributed by atoms with Gasteiger partial charge in [-0.3, -0.25) is 9.69 Å². The SMILES string of the molecule is CCN(Cc1ccccc1)S(=O)(=O)c1ccc(C(=O)N(CCCN(C)C)c2nc3c(OC)ccc(Cl)c3s2)cc1. The molecular weight excluding hydrogens is 568 g/mol. The van der Waals surface area contributed by atoms with Crippen LogP contribution in [0.15, 0.2) is 71.6 Å². The lowest BCUT2D eigenvalue weighted by atomic mass is 10.2. The second-order valence-electron chi connectivity index (χ2n) is 9.48. The molecule has 0 atom stereocenters. The zero-order chi connectivity index (χ0) is 28.9. The lowest BCUT2D eigenvalue weighted by Gasteiger charge is -2.22. The molecule has 11 heteroatoms. The number of ether oxygens (including phenoxy) is 1. The zero-order valence-corrected chi connectivity index (χ0v) is 25.4. The third kappa shape index (κ3) is 6.64. The molecule has 0 aliphatic carbocycles. The smallest absolute Gasteiger partial charge is 0.260 e. The summed E-state index contributed by atoms with van der Waals surface area (Å²) in [7, 11) is 1.77. The highest BCUT2D eigenvalue weighted by Crippen LogP contribution is 2.39. The molecule has 0 bridgehead atoms. The zero-order valence-electron chi connectivity index (χ0n) is 23.0. The molecule has 3 aromatic carbocycles. The number of aromatic nitrogens is 1. The Kier molecular flexibility index (Phi) is 9.81. The first-order valence-corrected chi connectivity index (χ1v) is 15.5. The van der Waals surface area contributed by atoms with Crippen LogP contribution in [0.5, 0.6) is 5.75 Å². The summed E-state index contributed by atoms with van der Waals surface area (Å²) in [6.07, 6.45) is 0.719. The number of methoxy groups -OCH3 is 1. The maximum Gasteiger partial charge on any atom is 0.260 e. The monoisotopic (exact) mass is 600 g/mol. The van der Waals surface area contributed by atoms with Crippen molar-refractivity contribution in [2.24, 2.45) is 0 Å². The average Bonchev–Trinajstić information content (AvgIpc) is 3.40. The summed E-state index contributed by atoms with van der Waals surface area (Å²) >= 11 is 7.76. The quantitative estimate of drug-likeness (QED) is 0.205. The van der Waals surface area contributed by atoms with E-state index in [9.17, 15) is 13.2 Å². The molecular formula is C29H33ClN4O4S2. The number of thiazole rings is 1. The Morgan fingerprint density at radius 1 is 1.00 bits per heavy atom. The third-order valence-electron chi connectivity index (χ3n) is 6.42. The first-order chi connectivity index (χ1) is 19.1. The Balaban J connectivity index is 1.63. The number of carbonyl (C=O) groups is 1. The molecule has 0 saturated heterocycles. The molecule has 1 amide bonds. The van der Waals surface area contributed by atoms with Gasteiger partial charge in [0.1, 0.15) is 11.3 Å². The third-order valence-corrected chi connectivity index (χ3v) is 9.90. The number of rotatable bonds is 12. The molecule has 1 aromatic heterocycles. The Labute approximate surface area is 244 Å². The summed E-state index contributed by atoms with van der Waals surface area (Å²) in [4.78, 5) is 22.3. The van der Waals surface area contributed by atoms with Crippen molar-refractivity contribution < 1.29 is 17.9 Å². The minimum absolute atomic E-state index is 0.137. The van der Waals surface area contributed by atoms with E-state index in [1.807, 2.05) is 51.4 Å². The van der Waals surface area contributed by atoms with Crippen LogP contribution >= 0.6 is 22.9 Å². The number of anilines is 1. The summed E-state index contributed by atoms with van der Waals surface area (Å²) < 4.78 is 34.4. The molecule has 0 spiro atoms. The maximum absolute atomic E-state index is 13.8. The summed E-state index contributed by atoms with van der Waals surface area (Å²) in [5, 5.41) is 1.03. The number of amides is 1. The van der Waals surface area contributed by atoms with E-state index in [1.165, 1.54) is 27.8 Å². The molecule has 0 saturated carbocycles. The Morgan fingerprint density at radius 3 is 2.33 bits per heavy atom. The summed E-state index contributed by atoms with van der Waals surface area (Å²) in [6, 6.07) is 19.1. The van der Waals surface area contributed by atoms with Gasteiger partial charge in [0.05, 0.1) is 21.7 Å². The number of sulfonamides is 1. The minimum atomic E-state index is -3.75. The van der Waals surface area contributed by atoms with E-state index in [4.69, 9.17) is 21.3 Å². The molecule has 0 fully saturated rings. The number of hydrogen-bond acceptors (Lipinski definition) is 7. The molecule has 0 unspecified atom stereocenters. The van der Waals surface area contributed by atoms with Crippen molar-refractivity contribution in [2.75, 3.05) is 45.7 Å². The van der Waals surface area contributed by atoms with Crippen molar-refractivity contribution in [3.8, 4) is 5.75 Å². The summed E-state index contributed by atoms with van der Waals surface area (Å²) in [5.74, 6) is 0.307. The number of carbonyl (C=O) groups excluding carboxylic acids is 1. The van der Waals surface area contributed by atoms with Gasteiger partial charge in [-0.05, 0) is 69.0 Å². The van der Waals surface area contributed by atoms with Gasteiger partial charge in [-0.1, -0.05) is 60.2 Å². The Hall–Kier alpha value is -3.02. The fourth-order valence-electron chi connectivity index (χ4n) is 4.28. The van der Waals surface area contributed by atoms with E-state index in [0.29, 0.717) is 40.1 Å². The highest BCUT2D eigenvalue weighted by molar-refractivity contribution is 7.89. The van der Waals surface area contributed by atoms with Crippen molar-refractivity contribution in [3.05, 3.63) is 82.9 Å². The van der Waals surface area contributed by atoms with E-state index in [1.54, 1.807) is 36.3 Å². The summed E-state index contributed by atoms with van der Waals surface area (Å²) in [6.45, 7) is 3.61. The second kappa shape index (κ2) is 13.1. The summed E-state index contributed by atoms with van der Waals surface area (Å²) in [5.41, 5.74) is 1.87. The van der Waals surface area contributed by atoms with Crippen LogP contribution in [0.25, 0.3) is 10.2 Å². The van der Waals surface area contributed by atoms with Crippen molar-refractivity contribution in [3.63, 3.8) is 0 Å². The van der Waals surface area contributed by atoms with Gasteiger partial charge in [0.15, 0.2) is 5.13 Å². The van der Waals surface area contributed by atoms with Crippen LogP contribution < -0.4 is 9.64 Å². The number of halogens is 1. The van der Waals surface area contributed by atoms with E-state index >= 15 is 0 Å². The van der Waals surface area contributed by atoms with Gasteiger partial charge in [0, 0.05) is 25.2 Å². The Bertz CT molecular complexity index is 1560. The standard InChI is InChI=1S/C29H33ClN4O4S2/c1-5-33(20-21-10-7-6-8-11-21)40(36,37)23-14-12-22(13-15-23)28(35)34(19-9-18-32(2)3)29-31-26-25(38-4)17-16-24(30)27(26)39-29/h6-8,10-17H,5,9,18-20H2,1-4H3. The fraction of sp³-hybridized carbons (Fsp3) is 0.310. The van der Waals surface area contributed by atoms with Crippen LogP contribution in [0.4, 0.5) is 5.13 Å². The molecule has 1 heterocycles. The van der Waals surface area contributed by atoms with E-state index in [-0.39, 0.29) is 17.3 Å². The molecule has 212 valence electrons. The highest BCUT2D eigenvalue weighted by atomic mass is 35.5. The normalized spacial score (nSPS) is 11.9. The largest absolute Gasteiger partial charge is 0.494 e. The van der Waals surface area contributed by atoms with Crippen molar-refractivity contribution >= 4 is 54.2 Å². The van der Waals surface area contributed by atoms with Gasteiger partial charge in [-0.25, -0.2) is 13.4 Å². The van der Waals surface area contributed by atoms with Crippen molar-refractivity contribution in [1.29, 1.82) is 0 Å². The Morgan fingerprint density at radius 2 is 1.70 bits per heavy atom.